The van der Waals surface area contributed by atoms with Crippen molar-refractivity contribution in [2.24, 2.45) is 0 Å². The molecule has 2 aliphatic rings. The molecule has 1 aromatic carbocycles. The lowest BCUT2D eigenvalue weighted by Crippen LogP contribution is -2.40. The van der Waals surface area contributed by atoms with Gasteiger partial charge in [-0.15, -0.1) is 10.2 Å². The van der Waals surface area contributed by atoms with Gasteiger partial charge in [0, 0.05) is 19.5 Å². The first-order chi connectivity index (χ1) is 13.0. The number of nitrogens with zero attached hydrogens (tertiary/aromatic N) is 4. The van der Waals surface area contributed by atoms with E-state index in [2.05, 4.69) is 14.8 Å². The summed E-state index contributed by atoms with van der Waals surface area (Å²) in [6.45, 7) is 3.25. The quantitative estimate of drug-likeness (QED) is 0.802. The van der Waals surface area contributed by atoms with Crippen LogP contribution < -0.4 is 4.74 Å². The third kappa shape index (κ3) is 3.25. The van der Waals surface area contributed by atoms with E-state index in [1.807, 2.05) is 13.0 Å². The summed E-state index contributed by atoms with van der Waals surface area (Å²) >= 11 is 0. The highest BCUT2D eigenvalue weighted by Gasteiger charge is 2.39. The standard InChI is InChI=1S/C19H26N4O3S/c1-14-9-10-16(26-2)17(13-14)27(24,25)23-12-6-3-7-15(23)19-21-20-18-8-4-5-11-22(18)19/h9-10,13,15H,3-8,11-12H2,1-2H3. The monoisotopic (exact) mass is 390 g/mol. The van der Waals surface area contributed by atoms with Gasteiger partial charge < -0.3 is 9.30 Å². The van der Waals surface area contributed by atoms with Crippen LogP contribution in [0.2, 0.25) is 0 Å². The van der Waals surface area contributed by atoms with Gasteiger partial charge in [-0.3, -0.25) is 0 Å². The molecular weight excluding hydrogens is 364 g/mol. The largest absolute Gasteiger partial charge is 0.495 e. The van der Waals surface area contributed by atoms with E-state index in [9.17, 15) is 8.42 Å². The lowest BCUT2D eigenvalue weighted by molar-refractivity contribution is 0.238. The van der Waals surface area contributed by atoms with E-state index >= 15 is 0 Å². The first-order valence-electron chi connectivity index (χ1n) is 9.61. The minimum atomic E-state index is -3.70. The van der Waals surface area contributed by atoms with Gasteiger partial charge in [-0.1, -0.05) is 12.5 Å². The zero-order valence-electron chi connectivity index (χ0n) is 15.9. The minimum absolute atomic E-state index is 0.232. The summed E-state index contributed by atoms with van der Waals surface area (Å²) in [5.41, 5.74) is 0.891. The van der Waals surface area contributed by atoms with E-state index in [0.29, 0.717) is 12.3 Å². The van der Waals surface area contributed by atoms with Crippen LogP contribution in [-0.4, -0.2) is 41.1 Å². The van der Waals surface area contributed by atoms with Crippen LogP contribution in [0.3, 0.4) is 0 Å². The Bertz CT molecular complexity index is 938. The van der Waals surface area contributed by atoms with Crippen LogP contribution in [-0.2, 0) is 23.0 Å². The fourth-order valence-electron chi connectivity index (χ4n) is 4.14. The summed E-state index contributed by atoms with van der Waals surface area (Å²) < 4.78 is 36.3. The molecule has 0 N–H and O–H groups in total. The Morgan fingerprint density at radius 3 is 2.74 bits per heavy atom. The van der Waals surface area contributed by atoms with Gasteiger partial charge in [0.05, 0.1) is 13.2 Å². The van der Waals surface area contributed by atoms with Crippen LogP contribution in [0.25, 0.3) is 0 Å². The molecule has 0 amide bonds. The summed E-state index contributed by atoms with van der Waals surface area (Å²) in [5.74, 6) is 2.15. The number of aryl methyl sites for hydroxylation is 2. The Morgan fingerprint density at radius 1 is 1.11 bits per heavy atom. The first kappa shape index (κ1) is 18.4. The topological polar surface area (TPSA) is 77.3 Å². The second kappa shape index (κ2) is 7.24. The molecule has 1 aromatic heterocycles. The number of hydrogen-bond acceptors (Lipinski definition) is 5. The SMILES string of the molecule is COc1ccc(C)cc1S(=O)(=O)N1CCCCC1c1nnc2n1CCCC2. The third-order valence-corrected chi connectivity index (χ3v) is 7.47. The van der Waals surface area contributed by atoms with Crippen LogP contribution in [0.15, 0.2) is 23.1 Å². The Labute approximate surface area is 160 Å². The lowest BCUT2D eigenvalue weighted by atomic mass is 10.0. The number of ether oxygens (including phenoxy) is 1. The Hall–Kier alpha value is -1.93. The maximum absolute atomic E-state index is 13.6. The number of hydrogen-bond donors (Lipinski definition) is 0. The maximum atomic E-state index is 13.6. The van der Waals surface area contributed by atoms with Crippen LogP contribution in [0.5, 0.6) is 5.75 Å². The number of fused-ring (bicyclic) bond motifs is 1. The zero-order valence-corrected chi connectivity index (χ0v) is 16.7. The molecule has 2 aromatic rings. The number of methoxy groups -OCH3 is 1. The summed E-state index contributed by atoms with van der Waals surface area (Å²) in [7, 11) is -2.20. The van der Waals surface area contributed by atoms with E-state index in [4.69, 9.17) is 4.74 Å². The molecule has 2 aliphatic heterocycles. The van der Waals surface area contributed by atoms with Crippen molar-refractivity contribution in [1.29, 1.82) is 0 Å². The number of rotatable bonds is 4. The van der Waals surface area contributed by atoms with Gasteiger partial charge in [0.25, 0.3) is 0 Å². The molecule has 1 unspecified atom stereocenters. The van der Waals surface area contributed by atoms with Crippen molar-refractivity contribution in [2.75, 3.05) is 13.7 Å². The van der Waals surface area contributed by atoms with E-state index in [0.717, 1.165) is 62.3 Å². The molecule has 0 saturated carbocycles. The molecule has 0 bridgehead atoms. The molecule has 1 saturated heterocycles. The molecule has 3 heterocycles. The Kier molecular flexibility index (Phi) is 4.94. The van der Waals surface area contributed by atoms with Crippen LogP contribution in [0, 0.1) is 6.92 Å². The molecule has 4 rings (SSSR count). The highest BCUT2D eigenvalue weighted by molar-refractivity contribution is 7.89. The summed E-state index contributed by atoms with van der Waals surface area (Å²) in [5, 5.41) is 8.75. The Balaban J connectivity index is 1.77. The average Bonchev–Trinajstić information content (AvgIpc) is 3.12. The van der Waals surface area contributed by atoms with Gasteiger partial charge in [-0.05, 0) is 50.3 Å². The van der Waals surface area contributed by atoms with Crippen molar-refractivity contribution in [1.82, 2.24) is 19.1 Å². The molecular formula is C19H26N4O3S. The fraction of sp³-hybridized carbons (Fsp3) is 0.579. The van der Waals surface area contributed by atoms with E-state index in [-0.39, 0.29) is 10.9 Å². The lowest BCUT2D eigenvalue weighted by Gasteiger charge is -2.34. The molecule has 1 atom stereocenters. The smallest absolute Gasteiger partial charge is 0.247 e. The zero-order chi connectivity index (χ0) is 19.0. The summed E-state index contributed by atoms with van der Waals surface area (Å²) in [4.78, 5) is 0.232. The number of aromatic nitrogens is 3. The van der Waals surface area contributed by atoms with Gasteiger partial charge in [0.15, 0.2) is 5.82 Å². The maximum Gasteiger partial charge on any atom is 0.247 e. The first-order valence-corrected chi connectivity index (χ1v) is 11.0. The van der Waals surface area contributed by atoms with Gasteiger partial charge >= 0.3 is 0 Å². The van der Waals surface area contributed by atoms with Crippen molar-refractivity contribution in [2.45, 2.75) is 62.9 Å². The summed E-state index contributed by atoms with van der Waals surface area (Å²) in [6.07, 6.45) is 5.73. The van der Waals surface area contributed by atoms with Crippen LogP contribution >= 0.6 is 0 Å². The molecule has 0 spiro atoms. The van der Waals surface area contributed by atoms with Gasteiger partial charge in [-0.2, -0.15) is 4.31 Å². The van der Waals surface area contributed by atoms with Crippen molar-refractivity contribution < 1.29 is 13.2 Å². The predicted molar refractivity (Wildman–Crippen MR) is 101 cm³/mol. The molecule has 0 aliphatic carbocycles. The molecule has 8 heteroatoms. The van der Waals surface area contributed by atoms with Gasteiger partial charge in [-0.25, -0.2) is 8.42 Å². The van der Waals surface area contributed by atoms with Crippen molar-refractivity contribution in [3.63, 3.8) is 0 Å². The predicted octanol–water partition coefficient (Wildman–Crippen LogP) is 2.85. The van der Waals surface area contributed by atoms with E-state index in [1.165, 1.54) is 7.11 Å². The Morgan fingerprint density at radius 2 is 1.93 bits per heavy atom. The second-order valence-corrected chi connectivity index (χ2v) is 9.22. The van der Waals surface area contributed by atoms with Crippen molar-refractivity contribution >= 4 is 10.0 Å². The normalized spacial score (nSPS) is 21.0. The van der Waals surface area contributed by atoms with Crippen LogP contribution in [0.4, 0.5) is 0 Å². The summed E-state index contributed by atoms with van der Waals surface area (Å²) in [6, 6.07) is 5.01. The molecule has 146 valence electrons. The van der Waals surface area contributed by atoms with E-state index < -0.39 is 10.0 Å². The molecule has 0 radical (unpaired) electrons. The number of piperidine rings is 1. The van der Waals surface area contributed by atoms with E-state index in [1.54, 1.807) is 16.4 Å². The molecule has 27 heavy (non-hydrogen) atoms. The molecule has 7 nitrogen and oxygen atoms in total. The highest BCUT2D eigenvalue weighted by Crippen LogP contribution is 2.38. The van der Waals surface area contributed by atoms with Gasteiger partial charge in [0.2, 0.25) is 10.0 Å². The third-order valence-electron chi connectivity index (χ3n) is 5.55. The van der Waals surface area contributed by atoms with Crippen molar-refractivity contribution in [3.8, 4) is 5.75 Å². The van der Waals surface area contributed by atoms with Gasteiger partial charge in [0.1, 0.15) is 16.5 Å². The fourth-order valence-corrected chi connectivity index (χ4v) is 6.04. The second-order valence-electron chi connectivity index (χ2n) is 7.36. The highest BCUT2D eigenvalue weighted by atomic mass is 32.2. The van der Waals surface area contributed by atoms with Crippen molar-refractivity contribution in [3.05, 3.63) is 35.4 Å². The number of benzene rings is 1. The molecule has 1 fully saturated rings. The number of sulfonamides is 1. The minimum Gasteiger partial charge on any atom is -0.495 e. The average molecular weight is 391 g/mol. The van der Waals surface area contributed by atoms with Crippen LogP contribution in [0.1, 0.15) is 55.4 Å².